The number of carboxylic acid groups (broad SMARTS) is 1. The summed E-state index contributed by atoms with van der Waals surface area (Å²) in [6.45, 7) is 5.52. The lowest BCUT2D eigenvalue weighted by atomic mass is 9.92. The van der Waals surface area contributed by atoms with Crippen LogP contribution in [0.2, 0.25) is 0 Å². The number of carboxylic acids is 1. The molecule has 0 saturated heterocycles. The van der Waals surface area contributed by atoms with Crippen LogP contribution in [0.1, 0.15) is 29.8 Å². The number of aromatic carboxylic acids is 1. The number of nitrogens with two attached hydrogens (primary N) is 1. The molecule has 4 N–H and O–H groups in total. The molecule has 0 atom stereocenters. The molecule has 1 rings (SSSR count). The number of carbonyl (C=O) groups is 2. The van der Waals surface area contributed by atoms with Gasteiger partial charge >= 0.3 is 5.97 Å². The van der Waals surface area contributed by atoms with Crippen molar-refractivity contribution in [1.29, 1.82) is 0 Å². The van der Waals surface area contributed by atoms with Crippen LogP contribution in [-0.2, 0) is 4.79 Å². The molecule has 1 amide bonds. The second kappa shape index (κ2) is 5.08. The summed E-state index contributed by atoms with van der Waals surface area (Å²) in [7, 11) is 0. The highest BCUT2D eigenvalue weighted by molar-refractivity contribution is 5.94. The van der Waals surface area contributed by atoms with Crippen molar-refractivity contribution in [3.05, 3.63) is 29.3 Å². The molecule has 5 nitrogen and oxygen atoms in total. The third-order valence-corrected chi connectivity index (χ3v) is 2.79. The van der Waals surface area contributed by atoms with E-state index >= 15 is 0 Å². The van der Waals surface area contributed by atoms with Crippen molar-refractivity contribution in [2.45, 2.75) is 20.8 Å². The largest absolute Gasteiger partial charge is 0.478 e. The monoisotopic (exact) mass is 250 g/mol. The van der Waals surface area contributed by atoms with Crippen molar-refractivity contribution < 1.29 is 14.7 Å². The Morgan fingerprint density at radius 3 is 2.50 bits per heavy atom. The lowest BCUT2D eigenvalue weighted by Crippen LogP contribution is -2.37. The topological polar surface area (TPSA) is 92.4 Å². The zero-order valence-electron chi connectivity index (χ0n) is 10.8. The van der Waals surface area contributed by atoms with Gasteiger partial charge in [0.15, 0.2) is 0 Å². The van der Waals surface area contributed by atoms with Crippen LogP contribution in [0.4, 0.5) is 5.69 Å². The summed E-state index contributed by atoms with van der Waals surface area (Å²) in [5.74, 6) is -1.43. The SMILES string of the molecule is Cc1ccc(NCC(C)(C)C(N)=O)c(C(=O)O)c1. The second-order valence-electron chi connectivity index (χ2n) is 4.96. The summed E-state index contributed by atoms with van der Waals surface area (Å²) < 4.78 is 0. The normalized spacial score (nSPS) is 11.1. The molecule has 5 heteroatoms. The van der Waals surface area contributed by atoms with Crippen LogP contribution in [0, 0.1) is 12.3 Å². The van der Waals surface area contributed by atoms with Crippen LogP contribution in [0.25, 0.3) is 0 Å². The van der Waals surface area contributed by atoms with Gasteiger partial charge in [-0.05, 0) is 32.9 Å². The molecule has 0 aliphatic heterocycles. The van der Waals surface area contributed by atoms with Gasteiger partial charge in [0.05, 0.1) is 11.0 Å². The van der Waals surface area contributed by atoms with Gasteiger partial charge in [0, 0.05) is 12.2 Å². The van der Waals surface area contributed by atoms with Gasteiger partial charge in [-0.3, -0.25) is 4.79 Å². The number of carbonyl (C=O) groups excluding carboxylic acids is 1. The number of hydrogen-bond donors (Lipinski definition) is 3. The number of nitrogens with one attached hydrogen (secondary N) is 1. The van der Waals surface area contributed by atoms with Crippen molar-refractivity contribution in [2.24, 2.45) is 11.1 Å². The molecule has 0 heterocycles. The molecule has 1 aromatic carbocycles. The van der Waals surface area contributed by atoms with Crippen LogP contribution in [0.15, 0.2) is 18.2 Å². The van der Waals surface area contributed by atoms with Crippen molar-refractivity contribution in [2.75, 3.05) is 11.9 Å². The number of benzene rings is 1. The average Bonchev–Trinajstić information content (AvgIpc) is 2.27. The van der Waals surface area contributed by atoms with E-state index in [-0.39, 0.29) is 12.1 Å². The number of hydrogen-bond acceptors (Lipinski definition) is 3. The van der Waals surface area contributed by atoms with Gasteiger partial charge in [-0.15, -0.1) is 0 Å². The Bertz CT molecular complexity index is 481. The van der Waals surface area contributed by atoms with Gasteiger partial charge < -0.3 is 16.2 Å². The first kappa shape index (κ1) is 14.0. The van der Waals surface area contributed by atoms with Crippen molar-refractivity contribution in [3.8, 4) is 0 Å². The maximum absolute atomic E-state index is 11.2. The minimum Gasteiger partial charge on any atom is -0.478 e. The lowest BCUT2D eigenvalue weighted by Gasteiger charge is -2.22. The van der Waals surface area contributed by atoms with Crippen molar-refractivity contribution in [1.82, 2.24) is 0 Å². The first-order valence-electron chi connectivity index (χ1n) is 5.62. The van der Waals surface area contributed by atoms with E-state index in [1.165, 1.54) is 0 Å². The first-order chi connectivity index (χ1) is 8.24. The Kier molecular flexibility index (Phi) is 3.96. The maximum atomic E-state index is 11.2. The highest BCUT2D eigenvalue weighted by atomic mass is 16.4. The summed E-state index contributed by atoms with van der Waals surface area (Å²) >= 11 is 0. The molecule has 98 valence electrons. The van der Waals surface area contributed by atoms with E-state index in [0.717, 1.165) is 5.56 Å². The Hall–Kier alpha value is -2.04. The summed E-state index contributed by atoms with van der Waals surface area (Å²) in [4.78, 5) is 22.3. The average molecular weight is 250 g/mol. The zero-order chi connectivity index (χ0) is 13.9. The molecule has 0 aromatic heterocycles. The van der Waals surface area contributed by atoms with E-state index in [2.05, 4.69) is 5.32 Å². The molecule has 0 aliphatic rings. The maximum Gasteiger partial charge on any atom is 0.337 e. The Balaban J connectivity index is 2.92. The molecule has 1 aromatic rings. The summed E-state index contributed by atoms with van der Waals surface area (Å²) in [5.41, 5.74) is 6.07. The van der Waals surface area contributed by atoms with E-state index in [1.54, 1.807) is 26.0 Å². The zero-order valence-corrected chi connectivity index (χ0v) is 10.8. The molecule has 0 saturated carbocycles. The van der Waals surface area contributed by atoms with Crippen LogP contribution < -0.4 is 11.1 Å². The van der Waals surface area contributed by atoms with E-state index in [0.29, 0.717) is 5.69 Å². The summed E-state index contributed by atoms with van der Waals surface area (Å²) in [5, 5.41) is 12.1. The van der Waals surface area contributed by atoms with E-state index in [4.69, 9.17) is 10.8 Å². The predicted molar refractivity (Wildman–Crippen MR) is 69.6 cm³/mol. The van der Waals surface area contributed by atoms with Gasteiger partial charge in [0.2, 0.25) is 5.91 Å². The molecule has 0 radical (unpaired) electrons. The van der Waals surface area contributed by atoms with Gasteiger partial charge in [-0.25, -0.2) is 4.79 Å². The van der Waals surface area contributed by atoms with Crippen LogP contribution in [-0.4, -0.2) is 23.5 Å². The molecule has 0 bridgehead atoms. The van der Waals surface area contributed by atoms with Crippen molar-refractivity contribution in [3.63, 3.8) is 0 Å². The highest BCUT2D eigenvalue weighted by Crippen LogP contribution is 2.21. The molecule has 0 spiro atoms. The van der Waals surface area contributed by atoms with Gasteiger partial charge in [0.25, 0.3) is 0 Å². The number of aryl methyl sites for hydroxylation is 1. The molecule has 0 fully saturated rings. The molecule has 18 heavy (non-hydrogen) atoms. The van der Waals surface area contributed by atoms with Crippen LogP contribution in [0.3, 0.4) is 0 Å². The fourth-order valence-electron chi connectivity index (χ4n) is 1.39. The quantitative estimate of drug-likeness (QED) is 0.740. The van der Waals surface area contributed by atoms with Crippen LogP contribution in [0.5, 0.6) is 0 Å². The molecular formula is C13H18N2O3. The fourth-order valence-corrected chi connectivity index (χ4v) is 1.39. The third-order valence-electron chi connectivity index (χ3n) is 2.79. The Morgan fingerprint density at radius 1 is 1.39 bits per heavy atom. The number of amides is 1. The minimum absolute atomic E-state index is 0.190. The molecule has 0 aliphatic carbocycles. The van der Waals surface area contributed by atoms with Crippen LogP contribution >= 0.6 is 0 Å². The molecular weight excluding hydrogens is 232 g/mol. The lowest BCUT2D eigenvalue weighted by molar-refractivity contribution is -0.125. The predicted octanol–water partition coefficient (Wildman–Crippen LogP) is 1.62. The standard InChI is InChI=1S/C13H18N2O3/c1-8-4-5-10(9(6-8)11(16)17)15-7-13(2,3)12(14)18/h4-6,15H,7H2,1-3H3,(H2,14,18)(H,16,17). The van der Waals surface area contributed by atoms with Gasteiger partial charge in [0.1, 0.15) is 0 Å². The first-order valence-corrected chi connectivity index (χ1v) is 5.62. The Labute approximate surface area is 106 Å². The minimum atomic E-state index is -1.00. The summed E-state index contributed by atoms with van der Waals surface area (Å²) in [6, 6.07) is 5.09. The number of anilines is 1. The van der Waals surface area contributed by atoms with Crippen molar-refractivity contribution >= 4 is 17.6 Å². The number of rotatable bonds is 5. The molecule has 0 unspecified atom stereocenters. The van der Waals surface area contributed by atoms with E-state index in [1.807, 2.05) is 13.0 Å². The Morgan fingerprint density at radius 2 is 2.00 bits per heavy atom. The third kappa shape index (κ3) is 3.23. The highest BCUT2D eigenvalue weighted by Gasteiger charge is 2.25. The second-order valence-corrected chi connectivity index (χ2v) is 4.96. The van der Waals surface area contributed by atoms with Gasteiger partial charge in [-0.1, -0.05) is 11.6 Å². The smallest absolute Gasteiger partial charge is 0.337 e. The summed E-state index contributed by atoms with van der Waals surface area (Å²) in [6.07, 6.45) is 0. The fraction of sp³-hybridized carbons (Fsp3) is 0.385. The van der Waals surface area contributed by atoms with E-state index in [9.17, 15) is 9.59 Å². The van der Waals surface area contributed by atoms with Gasteiger partial charge in [-0.2, -0.15) is 0 Å². The van der Waals surface area contributed by atoms with E-state index < -0.39 is 17.3 Å². The number of primary amides is 1.